The minimum atomic E-state index is -4.04. The van der Waals surface area contributed by atoms with Crippen molar-refractivity contribution in [1.29, 1.82) is 0 Å². The number of rotatable bonds is 14. The van der Waals surface area contributed by atoms with Crippen LogP contribution >= 0.6 is 39.1 Å². The van der Waals surface area contributed by atoms with Crippen molar-refractivity contribution in [2.24, 2.45) is 5.10 Å². The highest BCUT2D eigenvalue weighted by atomic mass is 79.9. The molecule has 0 saturated heterocycles. The van der Waals surface area contributed by atoms with Gasteiger partial charge in [0.1, 0.15) is 11.5 Å². The largest absolute Gasteiger partial charge is 0.459 e. The van der Waals surface area contributed by atoms with Crippen molar-refractivity contribution in [3.05, 3.63) is 152 Å². The molecule has 1 N–H and O–H groups in total. The smallest absolute Gasteiger partial charge is 0.255 e. The minimum Gasteiger partial charge on any atom is -0.459 e. The van der Waals surface area contributed by atoms with Gasteiger partial charge >= 0.3 is 0 Å². The molecule has 10 nitrogen and oxygen atoms in total. The lowest BCUT2D eigenvalue weighted by Crippen LogP contribution is -2.39. The normalized spacial score (nSPS) is 12.2. The maximum Gasteiger partial charge on any atom is 0.255 e. The number of furan rings is 1. The molecule has 1 amide bonds. The molecule has 15 heteroatoms. The Morgan fingerprint density at radius 3 is 1.86 bits per heavy atom. The summed E-state index contributed by atoms with van der Waals surface area (Å²) in [4.78, 5) is 13.0. The monoisotopic (exact) mass is 802 g/mol. The first-order valence-corrected chi connectivity index (χ1v) is 19.0. The van der Waals surface area contributed by atoms with Crippen LogP contribution in [0.15, 0.2) is 139 Å². The Morgan fingerprint density at radius 1 is 0.694 bits per heavy atom. The number of nitrogens with zero attached hydrogens (tertiary/aromatic N) is 3. The van der Waals surface area contributed by atoms with E-state index in [2.05, 4.69) is 26.5 Å². The number of benzene rings is 4. The van der Waals surface area contributed by atoms with Crippen LogP contribution in [0.4, 0.5) is 0 Å². The molecule has 5 rings (SSSR count). The van der Waals surface area contributed by atoms with Gasteiger partial charge in [0.05, 0.1) is 29.1 Å². The summed E-state index contributed by atoms with van der Waals surface area (Å²) in [5.41, 5.74) is 3.76. The number of hydrogen-bond donors (Lipinski definition) is 1. The Balaban J connectivity index is 1.28. The van der Waals surface area contributed by atoms with Crippen molar-refractivity contribution < 1.29 is 26.0 Å². The number of nitrogens with one attached hydrogen (secondary N) is 1. The SMILES string of the molecule is O=C(CN(Cc1ccccc1)S(=O)(=O)c1ccc(Br)cc1)N/N=C\c1ccc(CN(Cc2ccc(Cl)cc2)S(=O)(=O)c2ccc(Cl)cc2)o1. The zero-order valence-electron chi connectivity index (χ0n) is 25.6. The lowest BCUT2D eigenvalue weighted by atomic mass is 10.2. The summed E-state index contributed by atoms with van der Waals surface area (Å²) in [5.74, 6) is -0.133. The number of carbonyl (C=O) groups is 1. The average Bonchev–Trinajstić information content (AvgIpc) is 3.53. The predicted molar refractivity (Wildman–Crippen MR) is 192 cm³/mol. The van der Waals surface area contributed by atoms with E-state index in [1.807, 2.05) is 6.07 Å². The third-order valence-corrected chi connectivity index (χ3v) is 11.7. The van der Waals surface area contributed by atoms with E-state index in [-0.39, 0.29) is 35.2 Å². The molecule has 1 aromatic heterocycles. The molecule has 0 fully saturated rings. The van der Waals surface area contributed by atoms with Crippen LogP contribution in [0.25, 0.3) is 0 Å². The summed E-state index contributed by atoms with van der Waals surface area (Å²) in [7, 11) is -8.02. The first-order valence-electron chi connectivity index (χ1n) is 14.6. The van der Waals surface area contributed by atoms with Crippen LogP contribution in [-0.4, -0.2) is 44.1 Å². The fraction of sp³-hybridized carbons (Fsp3) is 0.118. The summed E-state index contributed by atoms with van der Waals surface area (Å²) in [5, 5.41) is 4.86. The van der Waals surface area contributed by atoms with Crippen LogP contribution in [0, 0.1) is 0 Å². The highest BCUT2D eigenvalue weighted by Gasteiger charge is 2.28. The van der Waals surface area contributed by atoms with Crippen LogP contribution in [0.5, 0.6) is 0 Å². The molecule has 0 aliphatic heterocycles. The van der Waals surface area contributed by atoms with Gasteiger partial charge in [-0.05, 0) is 83.9 Å². The number of hydrogen-bond acceptors (Lipinski definition) is 7. The van der Waals surface area contributed by atoms with Gasteiger partial charge < -0.3 is 4.42 Å². The number of carbonyl (C=O) groups excluding carboxylic acids is 1. The third-order valence-electron chi connectivity index (χ3n) is 7.09. The van der Waals surface area contributed by atoms with Crippen molar-refractivity contribution in [3.63, 3.8) is 0 Å². The molecular weight excluding hydrogens is 775 g/mol. The van der Waals surface area contributed by atoms with E-state index < -0.39 is 32.5 Å². The zero-order valence-corrected chi connectivity index (χ0v) is 30.3. The molecule has 0 bridgehead atoms. The van der Waals surface area contributed by atoms with Gasteiger partial charge in [-0.1, -0.05) is 81.6 Å². The van der Waals surface area contributed by atoms with E-state index in [4.69, 9.17) is 27.6 Å². The van der Waals surface area contributed by atoms with E-state index in [0.717, 1.165) is 4.31 Å². The molecule has 0 unspecified atom stereocenters. The second kappa shape index (κ2) is 16.3. The van der Waals surface area contributed by atoms with Crippen molar-refractivity contribution in [1.82, 2.24) is 14.0 Å². The molecule has 254 valence electrons. The van der Waals surface area contributed by atoms with Crippen LogP contribution in [0.3, 0.4) is 0 Å². The topological polar surface area (TPSA) is 129 Å². The van der Waals surface area contributed by atoms with Gasteiger partial charge in [-0.15, -0.1) is 0 Å². The summed E-state index contributed by atoms with van der Waals surface area (Å²) >= 11 is 15.3. The van der Waals surface area contributed by atoms with E-state index in [0.29, 0.717) is 31.4 Å². The average molecular weight is 805 g/mol. The van der Waals surface area contributed by atoms with Crippen LogP contribution in [-0.2, 0) is 44.5 Å². The van der Waals surface area contributed by atoms with Crippen molar-refractivity contribution >= 4 is 71.3 Å². The van der Waals surface area contributed by atoms with Gasteiger partial charge in [0.25, 0.3) is 5.91 Å². The maximum absolute atomic E-state index is 13.6. The summed E-state index contributed by atoms with van der Waals surface area (Å²) in [6.45, 7) is -0.624. The Bertz CT molecular complexity index is 2130. The molecule has 0 radical (unpaired) electrons. The van der Waals surface area contributed by atoms with Crippen molar-refractivity contribution in [2.75, 3.05) is 6.54 Å². The molecule has 1 heterocycles. The van der Waals surface area contributed by atoms with Crippen LogP contribution < -0.4 is 5.43 Å². The fourth-order valence-electron chi connectivity index (χ4n) is 4.63. The fourth-order valence-corrected chi connectivity index (χ4v) is 7.92. The Labute approximate surface area is 303 Å². The zero-order chi connectivity index (χ0) is 35.0. The molecule has 49 heavy (non-hydrogen) atoms. The maximum atomic E-state index is 13.6. The third kappa shape index (κ3) is 9.88. The first kappa shape index (κ1) is 36.5. The molecule has 4 aromatic carbocycles. The Morgan fingerprint density at radius 2 is 1.22 bits per heavy atom. The number of hydrazone groups is 1. The highest BCUT2D eigenvalue weighted by Crippen LogP contribution is 2.24. The van der Waals surface area contributed by atoms with Gasteiger partial charge in [-0.2, -0.15) is 13.7 Å². The Kier molecular flexibility index (Phi) is 12.1. The lowest BCUT2D eigenvalue weighted by molar-refractivity contribution is -0.121. The molecular formula is C34H29BrCl2N4O6S2. The number of halogens is 3. The molecule has 5 aromatic rings. The number of sulfonamides is 2. The van der Waals surface area contributed by atoms with Gasteiger partial charge in [-0.25, -0.2) is 22.3 Å². The molecule has 0 saturated carbocycles. The molecule has 0 aliphatic carbocycles. The van der Waals surface area contributed by atoms with Gasteiger partial charge in [-0.3, -0.25) is 4.79 Å². The quantitative estimate of drug-likeness (QED) is 0.0944. The number of amides is 1. The standard InChI is InChI=1S/C34H29BrCl2N4O6S2/c35-27-8-16-32(17-9-27)49(45,46)41(21-25-4-2-1-3-5-25)24-34(42)39-38-20-30-14-15-31(47-30)23-40(22-26-6-10-28(36)11-7-26)48(43,44)33-18-12-29(37)13-19-33/h1-20H,21-24H2,(H,39,42)/b38-20-. The molecule has 0 atom stereocenters. The van der Waals surface area contributed by atoms with Gasteiger partial charge in [0, 0.05) is 27.6 Å². The second-order valence-corrected chi connectivity index (χ2v) is 16.3. The molecule has 0 spiro atoms. The van der Waals surface area contributed by atoms with Crippen LogP contribution in [0.1, 0.15) is 22.6 Å². The van der Waals surface area contributed by atoms with E-state index >= 15 is 0 Å². The minimum absolute atomic E-state index is 0.0327. The second-order valence-electron chi connectivity index (χ2n) is 10.7. The Hall–Kier alpha value is -3.82. The van der Waals surface area contributed by atoms with Crippen molar-refractivity contribution in [3.8, 4) is 0 Å². The van der Waals surface area contributed by atoms with E-state index in [1.165, 1.54) is 46.9 Å². The van der Waals surface area contributed by atoms with Gasteiger partial charge in [0.15, 0.2) is 0 Å². The lowest BCUT2D eigenvalue weighted by Gasteiger charge is -2.21. The summed E-state index contributed by atoms with van der Waals surface area (Å²) < 4.78 is 63.1. The van der Waals surface area contributed by atoms with Gasteiger partial charge in [0.2, 0.25) is 20.0 Å². The van der Waals surface area contributed by atoms with E-state index in [9.17, 15) is 21.6 Å². The first-order chi connectivity index (χ1) is 23.4. The van der Waals surface area contributed by atoms with E-state index in [1.54, 1.807) is 72.8 Å². The molecule has 0 aliphatic rings. The predicted octanol–water partition coefficient (Wildman–Crippen LogP) is 7.08. The van der Waals surface area contributed by atoms with Crippen LogP contribution in [0.2, 0.25) is 10.0 Å². The summed E-state index contributed by atoms with van der Waals surface area (Å²) in [6.07, 6.45) is 1.24. The van der Waals surface area contributed by atoms with Crippen molar-refractivity contribution in [2.45, 2.75) is 29.4 Å². The highest BCUT2D eigenvalue weighted by molar-refractivity contribution is 9.10. The summed E-state index contributed by atoms with van der Waals surface area (Å²) in [6, 6.07) is 30.9.